The van der Waals surface area contributed by atoms with Crippen molar-refractivity contribution in [3.63, 3.8) is 0 Å². The maximum atomic E-state index is 4.42. The SMILES string of the molecule is CC(C)(C)NCc1nc(Br)ccc1I. The number of halogens is 2. The minimum atomic E-state index is 0.132. The molecule has 0 bridgehead atoms. The van der Waals surface area contributed by atoms with Crippen LogP contribution in [0.25, 0.3) is 0 Å². The van der Waals surface area contributed by atoms with E-state index in [9.17, 15) is 0 Å². The van der Waals surface area contributed by atoms with Crippen molar-refractivity contribution in [2.75, 3.05) is 0 Å². The summed E-state index contributed by atoms with van der Waals surface area (Å²) in [6, 6.07) is 4.03. The van der Waals surface area contributed by atoms with Gasteiger partial charge in [-0.25, -0.2) is 4.98 Å². The van der Waals surface area contributed by atoms with Crippen molar-refractivity contribution in [3.8, 4) is 0 Å². The molecular weight excluding hydrogens is 355 g/mol. The summed E-state index contributed by atoms with van der Waals surface area (Å²) in [7, 11) is 0. The minimum Gasteiger partial charge on any atom is -0.306 e. The van der Waals surface area contributed by atoms with E-state index in [2.05, 4.69) is 75.7 Å². The molecule has 0 aliphatic carbocycles. The molecule has 0 radical (unpaired) electrons. The van der Waals surface area contributed by atoms with E-state index in [1.165, 1.54) is 3.57 Å². The van der Waals surface area contributed by atoms with Gasteiger partial charge in [0.1, 0.15) is 4.60 Å². The van der Waals surface area contributed by atoms with Crippen LogP contribution in [0.3, 0.4) is 0 Å². The van der Waals surface area contributed by atoms with Crippen LogP contribution in [0.5, 0.6) is 0 Å². The fourth-order valence-electron chi connectivity index (χ4n) is 0.931. The van der Waals surface area contributed by atoms with Crippen molar-refractivity contribution in [1.29, 1.82) is 0 Å². The van der Waals surface area contributed by atoms with Gasteiger partial charge in [-0.2, -0.15) is 0 Å². The zero-order valence-corrected chi connectivity index (χ0v) is 12.3. The van der Waals surface area contributed by atoms with E-state index < -0.39 is 0 Å². The van der Waals surface area contributed by atoms with Gasteiger partial charge in [0.25, 0.3) is 0 Å². The van der Waals surface area contributed by atoms with Crippen LogP contribution in [0.2, 0.25) is 0 Å². The van der Waals surface area contributed by atoms with Crippen LogP contribution in [-0.2, 0) is 6.54 Å². The molecule has 0 aliphatic rings. The molecule has 0 amide bonds. The second-order valence-electron chi connectivity index (χ2n) is 4.17. The standard InChI is InChI=1S/C10H14BrIN2/c1-10(2,3)13-6-8-7(12)4-5-9(11)14-8/h4-5,13H,6H2,1-3H3. The normalized spacial score (nSPS) is 11.8. The predicted molar refractivity (Wildman–Crippen MR) is 71.2 cm³/mol. The average Bonchev–Trinajstić information content (AvgIpc) is 2.05. The van der Waals surface area contributed by atoms with Crippen LogP contribution in [0, 0.1) is 3.57 Å². The average molecular weight is 369 g/mol. The van der Waals surface area contributed by atoms with Gasteiger partial charge >= 0.3 is 0 Å². The van der Waals surface area contributed by atoms with Gasteiger partial charge in [-0.3, -0.25) is 0 Å². The highest BCUT2D eigenvalue weighted by molar-refractivity contribution is 14.1. The van der Waals surface area contributed by atoms with E-state index in [1.54, 1.807) is 0 Å². The van der Waals surface area contributed by atoms with Crippen molar-refractivity contribution >= 4 is 38.5 Å². The first-order chi connectivity index (χ1) is 6.38. The van der Waals surface area contributed by atoms with E-state index in [4.69, 9.17) is 0 Å². The van der Waals surface area contributed by atoms with Crippen LogP contribution in [-0.4, -0.2) is 10.5 Å². The number of nitrogens with zero attached hydrogens (tertiary/aromatic N) is 1. The maximum absolute atomic E-state index is 4.42. The molecule has 0 spiro atoms. The Morgan fingerprint density at radius 1 is 1.43 bits per heavy atom. The number of pyridine rings is 1. The van der Waals surface area contributed by atoms with Crippen molar-refractivity contribution in [3.05, 3.63) is 26.0 Å². The summed E-state index contributed by atoms with van der Waals surface area (Å²) in [5.41, 5.74) is 1.22. The molecule has 0 aromatic carbocycles. The Labute approximate surface area is 107 Å². The van der Waals surface area contributed by atoms with Gasteiger partial charge in [0, 0.05) is 15.7 Å². The highest BCUT2D eigenvalue weighted by Crippen LogP contribution is 2.15. The van der Waals surface area contributed by atoms with Crippen LogP contribution in [0.4, 0.5) is 0 Å². The molecule has 78 valence electrons. The van der Waals surface area contributed by atoms with E-state index in [-0.39, 0.29) is 5.54 Å². The molecule has 2 nitrogen and oxygen atoms in total. The fourth-order valence-corrected chi connectivity index (χ4v) is 1.77. The summed E-state index contributed by atoms with van der Waals surface area (Å²) in [6.45, 7) is 7.26. The smallest absolute Gasteiger partial charge is 0.106 e. The molecule has 1 N–H and O–H groups in total. The Morgan fingerprint density at radius 3 is 2.64 bits per heavy atom. The molecule has 1 rings (SSSR count). The molecule has 0 saturated carbocycles. The lowest BCUT2D eigenvalue weighted by Gasteiger charge is -2.20. The molecule has 1 aromatic heterocycles. The molecule has 14 heavy (non-hydrogen) atoms. The Bertz CT molecular complexity index is 320. The highest BCUT2D eigenvalue weighted by Gasteiger charge is 2.10. The molecule has 0 saturated heterocycles. The lowest BCUT2D eigenvalue weighted by molar-refractivity contribution is 0.420. The predicted octanol–water partition coefficient (Wildman–Crippen LogP) is 3.34. The molecule has 4 heteroatoms. The number of nitrogens with one attached hydrogen (secondary N) is 1. The summed E-state index contributed by atoms with van der Waals surface area (Å²) in [4.78, 5) is 4.42. The molecule has 0 unspecified atom stereocenters. The van der Waals surface area contributed by atoms with E-state index in [1.807, 2.05) is 6.07 Å². The number of rotatable bonds is 2. The highest BCUT2D eigenvalue weighted by atomic mass is 127. The first kappa shape index (κ1) is 12.4. The van der Waals surface area contributed by atoms with Gasteiger partial charge in [0.05, 0.1) is 5.69 Å². The van der Waals surface area contributed by atoms with Gasteiger partial charge in [-0.05, 0) is 71.4 Å². The number of aromatic nitrogens is 1. The molecule has 1 aromatic rings. The van der Waals surface area contributed by atoms with Crippen molar-refractivity contribution in [2.24, 2.45) is 0 Å². The minimum absolute atomic E-state index is 0.132. The lowest BCUT2D eigenvalue weighted by atomic mass is 10.1. The topological polar surface area (TPSA) is 24.9 Å². The lowest BCUT2D eigenvalue weighted by Crippen LogP contribution is -2.35. The van der Waals surface area contributed by atoms with Crippen LogP contribution in [0.15, 0.2) is 16.7 Å². The summed E-state index contributed by atoms with van der Waals surface area (Å²) in [6.07, 6.45) is 0. The van der Waals surface area contributed by atoms with Gasteiger partial charge in [-0.15, -0.1) is 0 Å². The number of hydrogen-bond acceptors (Lipinski definition) is 2. The molecule has 1 heterocycles. The Kier molecular flexibility index (Phi) is 4.33. The molecular formula is C10H14BrIN2. The quantitative estimate of drug-likeness (QED) is 0.639. The van der Waals surface area contributed by atoms with Crippen LogP contribution in [0.1, 0.15) is 26.5 Å². The van der Waals surface area contributed by atoms with E-state index >= 15 is 0 Å². The Morgan fingerprint density at radius 2 is 2.07 bits per heavy atom. The number of hydrogen-bond donors (Lipinski definition) is 1. The first-order valence-corrected chi connectivity index (χ1v) is 6.31. The van der Waals surface area contributed by atoms with Crippen LogP contribution < -0.4 is 5.32 Å². The zero-order chi connectivity index (χ0) is 10.8. The monoisotopic (exact) mass is 368 g/mol. The van der Waals surface area contributed by atoms with Crippen molar-refractivity contribution < 1.29 is 0 Å². The van der Waals surface area contributed by atoms with Gasteiger partial charge in [0.2, 0.25) is 0 Å². The molecule has 0 atom stereocenters. The third kappa shape index (κ3) is 4.23. The van der Waals surface area contributed by atoms with E-state index in [0.29, 0.717) is 0 Å². The van der Waals surface area contributed by atoms with Gasteiger partial charge in [-0.1, -0.05) is 0 Å². The third-order valence-electron chi connectivity index (χ3n) is 1.67. The Hall–Kier alpha value is 0.320. The van der Waals surface area contributed by atoms with Crippen molar-refractivity contribution in [1.82, 2.24) is 10.3 Å². The molecule has 0 fully saturated rings. The summed E-state index contributed by atoms with van der Waals surface area (Å²) < 4.78 is 2.09. The maximum Gasteiger partial charge on any atom is 0.106 e. The first-order valence-electron chi connectivity index (χ1n) is 4.44. The zero-order valence-electron chi connectivity index (χ0n) is 8.56. The second kappa shape index (κ2) is 4.90. The Balaban J connectivity index is 2.72. The largest absolute Gasteiger partial charge is 0.306 e. The van der Waals surface area contributed by atoms with Crippen molar-refractivity contribution in [2.45, 2.75) is 32.9 Å². The summed E-state index contributed by atoms with van der Waals surface area (Å²) >= 11 is 5.68. The summed E-state index contributed by atoms with van der Waals surface area (Å²) in [5.74, 6) is 0. The van der Waals surface area contributed by atoms with E-state index in [0.717, 1.165) is 16.8 Å². The van der Waals surface area contributed by atoms with Gasteiger partial charge < -0.3 is 5.32 Å². The second-order valence-corrected chi connectivity index (χ2v) is 6.14. The van der Waals surface area contributed by atoms with Gasteiger partial charge in [0.15, 0.2) is 0 Å². The third-order valence-corrected chi connectivity index (χ3v) is 3.09. The summed E-state index contributed by atoms with van der Waals surface area (Å²) in [5, 5.41) is 3.42. The fraction of sp³-hybridized carbons (Fsp3) is 0.500. The molecule has 0 aliphatic heterocycles. The van der Waals surface area contributed by atoms with Crippen LogP contribution >= 0.6 is 38.5 Å².